The van der Waals surface area contributed by atoms with Gasteiger partial charge in [0.05, 0.1) is 24.0 Å². The largest absolute Gasteiger partial charge is 0.416 e. The lowest BCUT2D eigenvalue weighted by atomic mass is 10.0. The molecule has 4 rings (SSSR count). The summed E-state index contributed by atoms with van der Waals surface area (Å²) in [5, 5.41) is 34.6. The number of rotatable bonds is 11. The van der Waals surface area contributed by atoms with Gasteiger partial charge in [0, 0.05) is 49.2 Å². The lowest BCUT2D eigenvalue weighted by Crippen LogP contribution is -2.29. The maximum Gasteiger partial charge on any atom is 0.416 e. The average molecular weight is 585 g/mol. The molecule has 0 aliphatic heterocycles. The number of hydrogen-bond donors (Lipinski definition) is 6. The topological polar surface area (TPSA) is 149 Å². The minimum atomic E-state index is -4.67. The Bertz CT molecular complexity index is 1560. The third-order valence-corrected chi connectivity index (χ3v) is 6.22. The second-order valence-corrected chi connectivity index (χ2v) is 9.59. The number of hydrogen-bond acceptors (Lipinski definition) is 9. The number of aliphatic hydroxyl groups excluding tert-OH is 2. The number of aryl methyl sites for hydroxylation is 2. The van der Waals surface area contributed by atoms with E-state index in [4.69, 9.17) is 5.11 Å². The predicted molar refractivity (Wildman–Crippen MR) is 152 cm³/mol. The summed E-state index contributed by atoms with van der Waals surface area (Å²) in [5.74, 6) is 0.999. The van der Waals surface area contributed by atoms with E-state index in [9.17, 15) is 23.1 Å². The van der Waals surface area contributed by atoms with Crippen molar-refractivity contribution >= 4 is 28.9 Å². The summed E-state index contributed by atoms with van der Waals surface area (Å²) >= 11 is 0. The molecule has 0 bridgehead atoms. The summed E-state index contributed by atoms with van der Waals surface area (Å²) in [6, 6.07) is 11.7. The summed E-state index contributed by atoms with van der Waals surface area (Å²) in [4.78, 5) is 21.5. The Morgan fingerprint density at radius 3 is 2.57 bits per heavy atom. The molecule has 0 spiro atoms. The van der Waals surface area contributed by atoms with Gasteiger partial charge < -0.3 is 31.5 Å². The smallest absolute Gasteiger partial charge is 0.394 e. The van der Waals surface area contributed by atoms with Gasteiger partial charge in [-0.1, -0.05) is 6.07 Å². The third kappa shape index (κ3) is 7.60. The first-order valence-corrected chi connectivity index (χ1v) is 12.9. The molecule has 1 atom stereocenters. The van der Waals surface area contributed by atoms with Gasteiger partial charge in [-0.3, -0.25) is 4.79 Å². The molecule has 2 aromatic carbocycles. The molecule has 0 unspecified atom stereocenters. The molecule has 4 aromatic rings. The number of carbonyl (C=O) groups is 1. The molecule has 11 nitrogen and oxygen atoms in total. The van der Waals surface area contributed by atoms with Crippen molar-refractivity contribution in [3.05, 3.63) is 82.8 Å². The number of aliphatic hydroxyl groups is 2. The van der Waals surface area contributed by atoms with Crippen LogP contribution in [-0.2, 0) is 12.7 Å². The van der Waals surface area contributed by atoms with Gasteiger partial charge in [-0.2, -0.15) is 23.0 Å². The molecule has 6 N–H and O–H groups in total. The van der Waals surface area contributed by atoms with Crippen LogP contribution in [0, 0.1) is 13.8 Å². The van der Waals surface area contributed by atoms with Crippen molar-refractivity contribution < 1.29 is 28.2 Å². The van der Waals surface area contributed by atoms with Crippen molar-refractivity contribution in [2.24, 2.45) is 0 Å². The number of halogens is 3. The van der Waals surface area contributed by atoms with Gasteiger partial charge in [-0.25, -0.2) is 9.97 Å². The van der Waals surface area contributed by atoms with Gasteiger partial charge in [0.1, 0.15) is 18.0 Å². The molecule has 0 aliphatic carbocycles. The summed E-state index contributed by atoms with van der Waals surface area (Å²) in [5.41, 5.74) is 1.60. The van der Waals surface area contributed by atoms with E-state index in [1.165, 1.54) is 12.4 Å². The van der Waals surface area contributed by atoms with Gasteiger partial charge >= 0.3 is 6.18 Å². The Morgan fingerprint density at radius 1 is 1.07 bits per heavy atom. The third-order valence-electron chi connectivity index (χ3n) is 6.22. The Hall–Kier alpha value is -4.53. The molecule has 0 saturated heterocycles. The number of nitrogens with zero attached hydrogens (tertiary/aromatic N) is 4. The minimum Gasteiger partial charge on any atom is -0.394 e. The fourth-order valence-corrected chi connectivity index (χ4v) is 4.07. The molecule has 222 valence electrons. The van der Waals surface area contributed by atoms with E-state index in [1.54, 1.807) is 36.0 Å². The van der Waals surface area contributed by atoms with E-state index in [1.807, 2.05) is 19.9 Å². The molecule has 42 heavy (non-hydrogen) atoms. The van der Waals surface area contributed by atoms with Crippen LogP contribution in [0.5, 0.6) is 0 Å². The fraction of sp³-hybridized carbons (Fsp3) is 0.286. The Morgan fingerprint density at radius 2 is 1.86 bits per heavy atom. The number of aromatic nitrogens is 4. The molecular weight excluding hydrogens is 553 g/mol. The van der Waals surface area contributed by atoms with E-state index in [0.717, 1.165) is 23.4 Å². The first kappa shape index (κ1) is 30.4. The van der Waals surface area contributed by atoms with Crippen LogP contribution in [-0.4, -0.2) is 62.2 Å². The van der Waals surface area contributed by atoms with Crippen LogP contribution in [0.15, 0.2) is 54.9 Å². The van der Waals surface area contributed by atoms with E-state index < -0.39 is 30.4 Å². The average Bonchev–Trinajstić information content (AvgIpc) is 3.33. The molecular formula is C28H31F3N8O3. The lowest BCUT2D eigenvalue weighted by Gasteiger charge is -2.15. The van der Waals surface area contributed by atoms with Crippen LogP contribution in [0.1, 0.15) is 32.7 Å². The zero-order chi connectivity index (χ0) is 30.4. The zero-order valence-corrected chi connectivity index (χ0v) is 23.1. The molecule has 0 aliphatic rings. The highest BCUT2D eigenvalue weighted by Gasteiger charge is 2.32. The van der Waals surface area contributed by atoms with Crippen LogP contribution in [0.4, 0.5) is 36.2 Å². The summed E-state index contributed by atoms with van der Waals surface area (Å²) < 4.78 is 42.4. The van der Waals surface area contributed by atoms with Crippen LogP contribution in [0.3, 0.4) is 0 Å². The van der Waals surface area contributed by atoms with Gasteiger partial charge in [0.2, 0.25) is 0 Å². The Balaban J connectivity index is 1.57. The highest BCUT2D eigenvalue weighted by molar-refractivity contribution is 6.04. The molecule has 0 radical (unpaired) electrons. The molecule has 0 saturated carbocycles. The molecule has 1 amide bonds. The lowest BCUT2D eigenvalue weighted by molar-refractivity contribution is -0.137. The van der Waals surface area contributed by atoms with Crippen molar-refractivity contribution in [2.45, 2.75) is 32.7 Å². The zero-order valence-electron chi connectivity index (χ0n) is 23.1. The first-order chi connectivity index (χ1) is 20.0. The molecule has 14 heteroatoms. The SMILES string of the molecule is CNc1cc(-n2nc(C)cc2Nc2cc(NC(=O)c3cc(CNC[C@H](O)CO)cc(C(F)(F)F)c3)ccc2C)ncn1. The number of anilines is 4. The van der Waals surface area contributed by atoms with E-state index in [0.29, 0.717) is 28.8 Å². The van der Waals surface area contributed by atoms with E-state index in [-0.39, 0.29) is 24.2 Å². The van der Waals surface area contributed by atoms with Crippen LogP contribution in [0.2, 0.25) is 0 Å². The Labute approximate surface area is 239 Å². The summed E-state index contributed by atoms with van der Waals surface area (Å²) in [7, 11) is 1.74. The molecule has 2 aromatic heterocycles. The molecule has 2 heterocycles. The van der Waals surface area contributed by atoms with Crippen molar-refractivity contribution in [1.29, 1.82) is 0 Å². The van der Waals surface area contributed by atoms with E-state index in [2.05, 4.69) is 36.3 Å². The quantitative estimate of drug-likeness (QED) is 0.155. The maximum atomic E-state index is 13.6. The highest BCUT2D eigenvalue weighted by atomic mass is 19.4. The standard InChI is InChI=1S/C28H31F3N8O3/c1-16-4-5-21(10-23(16)37-26-6-17(2)38-39(26)25-11-24(32-3)34-15-35-25)36-27(42)19-7-18(12-33-13-22(41)14-40)8-20(9-19)28(29,30)31/h4-11,15,22,33,37,40-41H,12-14H2,1-3H3,(H,36,42)(H,32,34,35)/t22-/m0/s1. The number of amides is 1. The number of alkyl halides is 3. The normalized spacial score (nSPS) is 12.2. The van der Waals surface area contributed by atoms with E-state index >= 15 is 0 Å². The Kier molecular flexibility index (Phi) is 9.40. The van der Waals surface area contributed by atoms with Gasteiger partial charge in [0.25, 0.3) is 5.91 Å². The second-order valence-electron chi connectivity index (χ2n) is 9.59. The van der Waals surface area contributed by atoms with Gasteiger partial charge in [-0.05, 0) is 55.3 Å². The fourth-order valence-electron chi connectivity index (χ4n) is 4.07. The molecule has 0 fully saturated rings. The number of carbonyl (C=O) groups excluding carboxylic acids is 1. The van der Waals surface area contributed by atoms with Crippen LogP contribution < -0.4 is 21.3 Å². The van der Waals surface area contributed by atoms with Crippen LogP contribution >= 0.6 is 0 Å². The van der Waals surface area contributed by atoms with Crippen molar-refractivity contribution in [2.75, 3.05) is 36.1 Å². The monoisotopic (exact) mass is 584 g/mol. The summed E-state index contributed by atoms with van der Waals surface area (Å²) in [6.45, 7) is 3.13. The van der Waals surface area contributed by atoms with Gasteiger partial charge in [-0.15, -0.1) is 0 Å². The minimum absolute atomic E-state index is 0.0281. The van der Waals surface area contributed by atoms with Crippen LogP contribution in [0.25, 0.3) is 5.82 Å². The van der Waals surface area contributed by atoms with Crippen molar-refractivity contribution in [3.8, 4) is 5.82 Å². The van der Waals surface area contributed by atoms with Crippen molar-refractivity contribution in [1.82, 2.24) is 25.1 Å². The summed E-state index contributed by atoms with van der Waals surface area (Å²) in [6.07, 6.45) is -4.32. The second kappa shape index (κ2) is 13.0. The highest BCUT2D eigenvalue weighted by Crippen LogP contribution is 2.31. The first-order valence-electron chi connectivity index (χ1n) is 12.9. The van der Waals surface area contributed by atoms with Crippen molar-refractivity contribution in [3.63, 3.8) is 0 Å². The maximum absolute atomic E-state index is 13.6. The predicted octanol–water partition coefficient (Wildman–Crippen LogP) is 3.78. The number of nitrogens with one attached hydrogen (secondary N) is 4. The van der Waals surface area contributed by atoms with Gasteiger partial charge in [0.15, 0.2) is 5.82 Å². The number of benzene rings is 2.